The number of amides is 1. The zero-order valence-electron chi connectivity index (χ0n) is 18.6. The molecule has 2 heterocycles. The summed E-state index contributed by atoms with van der Waals surface area (Å²) in [5.41, 5.74) is 1.43. The van der Waals surface area contributed by atoms with E-state index in [1.54, 1.807) is 0 Å². The van der Waals surface area contributed by atoms with E-state index in [9.17, 15) is 9.59 Å². The highest BCUT2D eigenvalue weighted by Gasteiger charge is 2.48. The van der Waals surface area contributed by atoms with Gasteiger partial charge in [0.15, 0.2) is 0 Å². The number of nitrogens with zero attached hydrogens (tertiary/aromatic N) is 2. The first kappa shape index (κ1) is 24.9. The summed E-state index contributed by atoms with van der Waals surface area (Å²) in [4.78, 5) is 29.2. The molecule has 2 unspecified atom stereocenters. The summed E-state index contributed by atoms with van der Waals surface area (Å²) >= 11 is 8.53. The molecule has 2 aliphatic heterocycles. The average Bonchev–Trinajstić information content (AvgIpc) is 3.39. The van der Waals surface area contributed by atoms with E-state index in [0.29, 0.717) is 4.32 Å². The first-order valence-electron chi connectivity index (χ1n) is 11.9. The van der Waals surface area contributed by atoms with Crippen LogP contribution in [0.3, 0.4) is 0 Å². The maximum absolute atomic E-state index is 12.9. The van der Waals surface area contributed by atoms with Gasteiger partial charge in [0.2, 0.25) is 5.91 Å². The maximum Gasteiger partial charge on any atom is 0.323 e. The number of unbranched alkanes of at least 4 members (excludes halogenated alkanes) is 9. The van der Waals surface area contributed by atoms with E-state index in [1.165, 1.54) is 91.5 Å². The van der Waals surface area contributed by atoms with Gasteiger partial charge in [-0.2, -0.15) is 0 Å². The van der Waals surface area contributed by atoms with E-state index in [2.05, 4.69) is 11.8 Å². The van der Waals surface area contributed by atoms with E-state index in [-0.39, 0.29) is 23.1 Å². The number of carbonyl (C=O) groups excluding carboxylic acids is 1. The molecular formula is C23H36N2O3S3. The van der Waals surface area contributed by atoms with Gasteiger partial charge in [0.05, 0.1) is 0 Å². The summed E-state index contributed by atoms with van der Waals surface area (Å²) in [6.07, 6.45) is 16.6. The third kappa shape index (κ3) is 6.64. The molecule has 0 spiro atoms. The normalized spacial score (nSPS) is 23.4. The minimum absolute atomic E-state index is 0.0538. The molecule has 0 aromatic carbocycles. The molecule has 0 radical (unpaired) electrons. The molecule has 31 heavy (non-hydrogen) atoms. The molecule has 174 valence electrons. The molecule has 8 heteroatoms. The van der Waals surface area contributed by atoms with E-state index in [0.717, 1.165) is 25.8 Å². The van der Waals surface area contributed by atoms with Crippen molar-refractivity contribution >= 4 is 51.9 Å². The number of carbonyl (C=O) groups is 2. The smallest absolute Gasteiger partial charge is 0.323 e. The zero-order valence-corrected chi connectivity index (χ0v) is 21.1. The van der Waals surface area contributed by atoms with Crippen LogP contribution in [0.25, 0.3) is 0 Å². The third-order valence-corrected chi connectivity index (χ3v) is 9.63. The number of hydrogen-bond donors (Lipinski definition) is 1. The lowest BCUT2D eigenvalue weighted by Gasteiger charge is -2.31. The highest BCUT2D eigenvalue weighted by atomic mass is 32.2. The second kappa shape index (κ2) is 12.5. The summed E-state index contributed by atoms with van der Waals surface area (Å²) in [6, 6.07) is 0. The average molecular weight is 485 g/mol. The van der Waals surface area contributed by atoms with Crippen LogP contribution >= 0.6 is 35.7 Å². The maximum atomic E-state index is 12.9. The fourth-order valence-corrected chi connectivity index (χ4v) is 7.97. The van der Waals surface area contributed by atoms with E-state index in [1.807, 2.05) is 11.8 Å². The molecule has 0 aromatic rings. The van der Waals surface area contributed by atoms with Gasteiger partial charge in [-0.15, -0.1) is 11.8 Å². The number of thiocarbonyl (C=S) groups is 1. The lowest BCUT2D eigenvalue weighted by Crippen LogP contribution is -2.43. The molecule has 2 atom stereocenters. The minimum Gasteiger partial charge on any atom is -0.480 e. The van der Waals surface area contributed by atoms with Gasteiger partial charge in [-0.1, -0.05) is 88.7 Å². The SMILES string of the molecule is CCCCCCCCCCCCN1C2=C(CCC2)SC1C1SC(=S)N(CC(=O)O)C1=O. The molecule has 3 rings (SSSR count). The van der Waals surface area contributed by atoms with E-state index < -0.39 is 5.97 Å². The van der Waals surface area contributed by atoms with Crippen LogP contribution in [0.1, 0.15) is 90.4 Å². The number of thioether (sulfide) groups is 2. The molecule has 1 saturated heterocycles. The van der Waals surface area contributed by atoms with Gasteiger partial charge in [0, 0.05) is 17.1 Å². The number of rotatable bonds is 14. The van der Waals surface area contributed by atoms with Crippen LogP contribution in [0, 0.1) is 0 Å². The predicted octanol–water partition coefficient (Wildman–Crippen LogP) is 5.99. The topological polar surface area (TPSA) is 60.9 Å². The van der Waals surface area contributed by atoms with Gasteiger partial charge in [-0.05, 0) is 25.7 Å². The van der Waals surface area contributed by atoms with Gasteiger partial charge in [0.1, 0.15) is 21.5 Å². The van der Waals surface area contributed by atoms with E-state index in [4.69, 9.17) is 17.3 Å². The second-order valence-corrected chi connectivity index (χ2v) is 11.7. The molecule has 5 nitrogen and oxygen atoms in total. The minimum atomic E-state index is -1.01. The Balaban J connectivity index is 1.46. The number of carboxylic acids is 1. The third-order valence-electron chi connectivity index (χ3n) is 6.32. The van der Waals surface area contributed by atoms with Crippen LogP contribution in [0.4, 0.5) is 0 Å². The molecule has 3 aliphatic rings. The van der Waals surface area contributed by atoms with E-state index >= 15 is 0 Å². The van der Waals surface area contributed by atoms with Crippen molar-refractivity contribution in [1.29, 1.82) is 0 Å². The molecule has 1 amide bonds. The Morgan fingerprint density at radius 2 is 1.68 bits per heavy atom. The largest absolute Gasteiger partial charge is 0.480 e. The molecule has 1 aliphatic carbocycles. The number of aliphatic carboxylic acids is 1. The highest BCUT2D eigenvalue weighted by Crippen LogP contribution is 2.51. The van der Waals surface area contributed by atoms with Crippen LogP contribution in [-0.2, 0) is 9.59 Å². The summed E-state index contributed by atoms with van der Waals surface area (Å²) < 4.78 is 0.406. The van der Waals surface area contributed by atoms with Gasteiger partial charge < -0.3 is 10.0 Å². The summed E-state index contributed by atoms with van der Waals surface area (Å²) in [7, 11) is 0. The Morgan fingerprint density at radius 3 is 2.32 bits per heavy atom. The Kier molecular flexibility index (Phi) is 10.0. The lowest BCUT2D eigenvalue weighted by molar-refractivity contribution is -0.141. The van der Waals surface area contributed by atoms with Gasteiger partial charge in [0.25, 0.3) is 0 Å². The summed E-state index contributed by atoms with van der Waals surface area (Å²) in [5, 5.41) is 8.87. The summed E-state index contributed by atoms with van der Waals surface area (Å²) in [5.74, 6) is -1.15. The van der Waals surface area contributed by atoms with Crippen molar-refractivity contribution < 1.29 is 14.7 Å². The highest BCUT2D eigenvalue weighted by molar-refractivity contribution is 8.24. The standard InChI is InChI=1S/C23H36N2O3S3/c1-2-3-4-5-6-7-8-9-10-11-15-24-17-13-12-14-18(17)30-22(24)20-21(28)25(16-19(26)27)23(29)31-20/h20,22H,2-16H2,1H3,(H,26,27). The molecule has 0 aromatic heterocycles. The van der Waals surface area contributed by atoms with Crippen molar-refractivity contribution in [3.63, 3.8) is 0 Å². The molecule has 0 bridgehead atoms. The van der Waals surface area contributed by atoms with Crippen molar-refractivity contribution in [2.75, 3.05) is 13.1 Å². The second-order valence-electron chi connectivity index (χ2n) is 8.73. The van der Waals surface area contributed by atoms with Crippen LogP contribution in [0.2, 0.25) is 0 Å². The quantitative estimate of drug-likeness (QED) is 0.240. The zero-order chi connectivity index (χ0) is 22.2. The molecule has 0 saturated carbocycles. The summed E-state index contributed by atoms with van der Waals surface area (Å²) in [6.45, 7) is 2.92. The fourth-order valence-electron chi connectivity index (χ4n) is 4.67. The van der Waals surface area contributed by atoms with Crippen LogP contribution in [-0.4, -0.2) is 54.8 Å². The van der Waals surface area contributed by atoms with Crippen LogP contribution < -0.4 is 0 Å². The first-order chi connectivity index (χ1) is 15.0. The van der Waals surface area contributed by atoms with Crippen molar-refractivity contribution in [1.82, 2.24) is 9.80 Å². The molecule has 1 N–H and O–H groups in total. The van der Waals surface area contributed by atoms with Gasteiger partial charge >= 0.3 is 5.97 Å². The van der Waals surface area contributed by atoms with Gasteiger partial charge in [-0.25, -0.2) is 0 Å². The number of carboxylic acid groups (broad SMARTS) is 1. The van der Waals surface area contributed by atoms with Crippen molar-refractivity contribution in [2.45, 2.75) is 101 Å². The Hall–Kier alpha value is -0.730. The Bertz CT molecular complexity index is 698. The van der Waals surface area contributed by atoms with Crippen molar-refractivity contribution in [2.24, 2.45) is 0 Å². The fraction of sp³-hybridized carbons (Fsp3) is 0.783. The predicted molar refractivity (Wildman–Crippen MR) is 134 cm³/mol. The van der Waals surface area contributed by atoms with Crippen molar-refractivity contribution in [3.8, 4) is 0 Å². The van der Waals surface area contributed by atoms with Crippen LogP contribution in [0.5, 0.6) is 0 Å². The number of hydrogen-bond acceptors (Lipinski definition) is 6. The van der Waals surface area contributed by atoms with Crippen LogP contribution in [0.15, 0.2) is 10.6 Å². The monoisotopic (exact) mass is 484 g/mol. The number of allylic oxidation sites excluding steroid dienone is 2. The lowest BCUT2D eigenvalue weighted by atomic mass is 10.1. The molecular weight excluding hydrogens is 448 g/mol. The molecule has 1 fully saturated rings. The van der Waals surface area contributed by atoms with Crippen molar-refractivity contribution in [3.05, 3.63) is 10.6 Å². The van der Waals surface area contributed by atoms with Gasteiger partial charge in [-0.3, -0.25) is 14.5 Å². The Labute approximate surface area is 200 Å². The Morgan fingerprint density at radius 1 is 1.03 bits per heavy atom. The first-order valence-corrected chi connectivity index (χ1v) is 14.1.